The molecule has 3 heterocycles. The van der Waals surface area contributed by atoms with Crippen molar-refractivity contribution in [2.24, 2.45) is 0 Å². The first kappa shape index (κ1) is 21.0. The Labute approximate surface area is 195 Å². The van der Waals surface area contributed by atoms with Crippen molar-refractivity contribution >= 4 is 48.9 Å². The Balaban J connectivity index is 1.46. The molecule has 9 heteroatoms. The molecule has 7 nitrogen and oxygen atoms in total. The molecule has 2 aromatic carbocycles. The van der Waals surface area contributed by atoms with Crippen LogP contribution in [0.1, 0.15) is 4.88 Å². The van der Waals surface area contributed by atoms with E-state index in [1.807, 2.05) is 18.2 Å². The molecule has 0 atom stereocenters. The lowest BCUT2D eigenvalue weighted by Gasteiger charge is -2.11. The molecule has 0 saturated heterocycles. The normalized spacial score (nSPS) is 11.4. The van der Waals surface area contributed by atoms with Gasteiger partial charge in [-0.3, -0.25) is 4.72 Å². The average molecular weight is 474 g/mol. The molecule has 2 N–H and O–H groups in total. The summed E-state index contributed by atoms with van der Waals surface area (Å²) in [6.45, 7) is 2.08. The molecule has 164 valence electrons. The van der Waals surface area contributed by atoms with Crippen molar-refractivity contribution in [1.29, 1.82) is 0 Å². The lowest BCUT2D eigenvalue weighted by atomic mass is 10.0. The highest BCUT2D eigenvalue weighted by Gasteiger charge is 2.18. The number of hydrogen-bond donors (Lipinski definition) is 2. The molecular formula is C24H19N5O2S2. The van der Waals surface area contributed by atoms with E-state index >= 15 is 0 Å². The zero-order valence-electron chi connectivity index (χ0n) is 17.6. The first-order chi connectivity index (χ1) is 16.0. The van der Waals surface area contributed by atoms with Gasteiger partial charge in [-0.1, -0.05) is 36.4 Å². The average Bonchev–Trinajstić information content (AvgIpc) is 3.17. The third-order valence-corrected chi connectivity index (χ3v) is 7.44. The molecule has 0 spiro atoms. The van der Waals surface area contributed by atoms with Crippen LogP contribution in [0.5, 0.6) is 0 Å². The van der Waals surface area contributed by atoms with E-state index in [-0.39, 0.29) is 10.7 Å². The van der Waals surface area contributed by atoms with Gasteiger partial charge < -0.3 is 5.32 Å². The third kappa shape index (κ3) is 4.28. The summed E-state index contributed by atoms with van der Waals surface area (Å²) in [6, 6.07) is 21.7. The van der Waals surface area contributed by atoms with Gasteiger partial charge in [0.15, 0.2) is 0 Å². The fourth-order valence-corrected chi connectivity index (χ4v) is 5.59. The summed E-state index contributed by atoms with van der Waals surface area (Å²) >= 11 is 1.62. The highest BCUT2D eigenvalue weighted by Crippen LogP contribution is 2.40. The number of nitrogens with one attached hydrogen (secondary N) is 2. The third-order valence-electron chi connectivity index (χ3n) is 5.06. The Morgan fingerprint density at radius 2 is 1.61 bits per heavy atom. The van der Waals surface area contributed by atoms with Gasteiger partial charge in [0, 0.05) is 22.3 Å². The first-order valence-corrected chi connectivity index (χ1v) is 12.4. The second-order valence-corrected chi connectivity index (χ2v) is 10.2. The predicted molar refractivity (Wildman–Crippen MR) is 132 cm³/mol. The van der Waals surface area contributed by atoms with Crippen LogP contribution in [0, 0.1) is 6.92 Å². The zero-order chi connectivity index (χ0) is 22.8. The van der Waals surface area contributed by atoms with Crippen molar-refractivity contribution in [1.82, 2.24) is 15.0 Å². The number of anilines is 3. The monoisotopic (exact) mass is 473 g/mol. The van der Waals surface area contributed by atoms with Gasteiger partial charge in [0.1, 0.15) is 22.8 Å². The van der Waals surface area contributed by atoms with E-state index in [1.165, 1.54) is 12.5 Å². The molecule has 0 aliphatic carbocycles. The van der Waals surface area contributed by atoms with Crippen molar-refractivity contribution in [3.05, 3.63) is 90.2 Å². The maximum Gasteiger partial charge on any atom is 0.263 e. The minimum Gasteiger partial charge on any atom is -0.340 e. The summed E-state index contributed by atoms with van der Waals surface area (Å²) < 4.78 is 27.8. The molecule has 0 unspecified atom stereocenters. The smallest absolute Gasteiger partial charge is 0.263 e. The Hall–Kier alpha value is -3.82. The summed E-state index contributed by atoms with van der Waals surface area (Å²) in [5.41, 5.74) is 2.91. The topological polar surface area (TPSA) is 96.9 Å². The number of nitrogens with zero attached hydrogens (tertiary/aromatic N) is 3. The van der Waals surface area contributed by atoms with E-state index in [2.05, 4.69) is 44.0 Å². The Kier molecular flexibility index (Phi) is 5.49. The van der Waals surface area contributed by atoms with Gasteiger partial charge in [0.05, 0.1) is 10.3 Å². The number of aryl methyl sites for hydroxylation is 1. The maximum absolute atomic E-state index is 12.7. The van der Waals surface area contributed by atoms with E-state index in [9.17, 15) is 8.42 Å². The standard InChI is InChI=1S/C24H19N5O2S2/c1-16-21(17-7-3-2-4-8-17)22-23(26-15-27-24(22)32-16)28-18-10-12-19(13-11-18)33(30,31)29-20-9-5-6-14-25-20/h2-15H,1H3,(H,25,29)(H,26,27,28). The van der Waals surface area contributed by atoms with Gasteiger partial charge in [-0.05, 0) is 48.9 Å². The molecule has 0 aliphatic rings. The minimum atomic E-state index is -3.74. The summed E-state index contributed by atoms with van der Waals surface area (Å²) in [5, 5.41) is 4.27. The van der Waals surface area contributed by atoms with E-state index in [4.69, 9.17) is 0 Å². The Morgan fingerprint density at radius 3 is 2.33 bits per heavy atom. The lowest BCUT2D eigenvalue weighted by Crippen LogP contribution is -2.13. The van der Waals surface area contributed by atoms with Gasteiger partial charge >= 0.3 is 0 Å². The number of thiophene rings is 1. The van der Waals surface area contributed by atoms with Crippen molar-refractivity contribution in [3.63, 3.8) is 0 Å². The highest BCUT2D eigenvalue weighted by molar-refractivity contribution is 7.92. The number of rotatable bonds is 6. The van der Waals surface area contributed by atoms with E-state index in [1.54, 1.807) is 53.8 Å². The van der Waals surface area contributed by atoms with E-state index < -0.39 is 10.0 Å². The van der Waals surface area contributed by atoms with Gasteiger partial charge in [-0.25, -0.2) is 23.4 Å². The van der Waals surface area contributed by atoms with Gasteiger partial charge in [-0.2, -0.15) is 0 Å². The molecule has 5 aromatic rings. The molecule has 0 radical (unpaired) electrons. The Bertz CT molecular complexity index is 1520. The molecule has 3 aromatic heterocycles. The van der Waals surface area contributed by atoms with Crippen LogP contribution >= 0.6 is 11.3 Å². The summed E-state index contributed by atoms with van der Waals surface area (Å²) in [6.07, 6.45) is 3.06. The predicted octanol–water partition coefficient (Wildman–Crippen LogP) is 5.61. The lowest BCUT2D eigenvalue weighted by molar-refractivity contribution is 0.601. The molecule has 0 fully saturated rings. The van der Waals surface area contributed by atoms with Crippen LogP contribution in [0.3, 0.4) is 0 Å². The van der Waals surface area contributed by atoms with E-state index in [0.29, 0.717) is 5.82 Å². The quantitative estimate of drug-likeness (QED) is 0.333. The minimum absolute atomic E-state index is 0.142. The van der Waals surface area contributed by atoms with Gasteiger partial charge in [0.25, 0.3) is 10.0 Å². The fourth-order valence-electron chi connectivity index (χ4n) is 3.57. The second-order valence-electron chi connectivity index (χ2n) is 7.27. The molecule has 5 rings (SSSR count). The van der Waals surface area contributed by atoms with Gasteiger partial charge in [0.2, 0.25) is 0 Å². The van der Waals surface area contributed by atoms with Crippen LogP contribution in [0.2, 0.25) is 0 Å². The number of aromatic nitrogens is 3. The molecule has 0 saturated carbocycles. The number of hydrogen-bond acceptors (Lipinski definition) is 7. The van der Waals surface area contributed by atoms with Crippen molar-refractivity contribution in [2.45, 2.75) is 11.8 Å². The number of sulfonamides is 1. The molecule has 0 amide bonds. The van der Waals surface area contributed by atoms with Crippen molar-refractivity contribution in [2.75, 3.05) is 10.0 Å². The van der Waals surface area contributed by atoms with E-state index in [0.717, 1.165) is 31.9 Å². The highest BCUT2D eigenvalue weighted by atomic mass is 32.2. The molecular weight excluding hydrogens is 454 g/mol. The Morgan fingerprint density at radius 1 is 0.848 bits per heavy atom. The second kappa shape index (κ2) is 8.61. The SMILES string of the molecule is Cc1sc2ncnc(Nc3ccc(S(=O)(=O)Nc4ccccn4)cc3)c2c1-c1ccccc1. The first-order valence-electron chi connectivity index (χ1n) is 10.1. The number of fused-ring (bicyclic) bond motifs is 1. The maximum atomic E-state index is 12.7. The van der Waals surface area contributed by atoms with Gasteiger partial charge in [-0.15, -0.1) is 11.3 Å². The number of pyridine rings is 1. The largest absolute Gasteiger partial charge is 0.340 e. The fraction of sp³-hybridized carbons (Fsp3) is 0.0417. The van der Waals surface area contributed by atoms with Crippen LogP contribution in [0.15, 0.2) is 90.2 Å². The van der Waals surface area contributed by atoms with Crippen LogP contribution in [0.4, 0.5) is 17.3 Å². The molecule has 0 aliphatic heterocycles. The van der Waals surface area contributed by atoms with Crippen molar-refractivity contribution < 1.29 is 8.42 Å². The number of benzene rings is 2. The summed E-state index contributed by atoms with van der Waals surface area (Å²) in [4.78, 5) is 15.1. The molecule has 33 heavy (non-hydrogen) atoms. The molecule has 0 bridgehead atoms. The summed E-state index contributed by atoms with van der Waals surface area (Å²) in [7, 11) is -3.74. The van der Waals surface area contributed by atoms with Crippen LogP contribution in [-0.2, 0) is 10.0 Å². The zero-order valence-corrected chi connectivity index (χ0v) is 19.2. The van der Waals surface area contributed by atoms with Crippen LogP contribution in [-0.4, -0.2) is 23.4 Å². The summed E-state index contributed by atoms with van der Waals surface area (Å²) in [5.74, 6) is 0.940. The van der Waals surface area contributed by atoms with Crippen LogP contribution < -0.4 is 10.0 Å². The van der Waals surface area contributed by atoms with Crippen molar-refractivity contribution in [3.8, 4) is 11.1 Å². The van der Waals surface area contributed by atoms with Crippen LogP contribution in [0.25, 0.3) is 21.3 Å².